The fourth-order valence-electron chi connectivity index (χ4n) is 1.97. The Labute approximate surface area is 115 Å². The molecule has 0 saturated carbocycles. The molecule has 5 heteroatoms. The maximum Gasteiger partial charge on any atom is 0.147 e. The molecule has 2 heterocycles. The second kappa shape index (κ2) is 4.85. The van der Waals surface area contributed by atoms with Crippen LogP contribution in [-0.2, 0) is 6.54 Å². The fourth-order valence-corrected chi connectivity index (χ4v) is 2.94. The number of rotatable bonds is 3. The van der Waals surface area contributed by atoms with Crippen molar-refractivity contribution in [2.75, 3.05) is 11.1 Å². The van der Waals surface area contributed by atoms with E-state index in [1.807, 2.05) is 24.3 Å². The number of nitrogens with one attached hydrogen (secondary N) is 1. The normalized spacial score (nSPS) is 10.8. The molecular weight excluding hydrogens is 256 g/mol. The Kier molecular flexibility index (Phi) is 3.05. The molecule has 3 rings (SSSR count). The number of aryl methyl sites for hydroxylation is 1. The zero-order valence-corrected chi connectivity index (χ0v) is 11.4. The van der Waals surface area contributed by atoms with Crippen LogP contribution in [0.1, 0.15) is 11.1 Å². The standard InChI is InChI=1S/C14H14N4S/c1-9-7-19-13-12(9)17-8-18-14(13)16-6-10-4-2-3-5-11(10)15/h2-5,7-8H,6,15H2,1H3,(H,16,17,18). The van der Waals surface area contributed by atoms with Crippen molar-refractivity contribution in [1.82, 2.24) is 9.97 Å². The minimum atomic E-state index is 0.662. The van der Waals surface area contributed by atoms with Crippen LogP contribution in [0.3, 0.4) is 0 Å². The van der Waals surface area contributed by atoms with E-state index < -0.39 is 0 Å². The lowest BCUT2D eigenvalue weighted by molar-refractivity contribution is 1.11. The van der Waals surface area contributed by atoms with Crippen molar-refractivity contribution in [2.45, 2.75) is 13.5 Å². The van der Waals surface area contributed by atoms with Gasteiger partial charge < -0.3 is 11.1 Å². The molecule has 0 atom stereocenters. The molecule has 0 radical (unpaired) electrons. The van der Waals surface area contributed by atoms with Gasteiger partial charge in [-0.3, -0.25) is 0 Å². The van der Waals surface area contributed by atoms with E-state index in [1.165, 1.54) is 5.56 Å². The van der Waals surface area contributed by atoms with Gasteiger partial charge in [-0.25, -0.2) is 9.97 Å². The second-order valence-corrected chi connectivity index (χ2v) is 5.25. The van der Waals surface area contributed by atoms with E-state index in [9.17, 15) is 0 Å². The Morgan fingerprint density at radius 1 is 1.26 bits per heavy atom. The van der Waals surface area contributed by atoms with E-state index >= 15 is 0 Å². The minimum absolute atomic E-state index is 0.662. The van der Waals surface area contributed by atoms with Gasteiger partial charge in [0, 0.05) is 12.2 Å². The summed E-state index contributed by atoms with van der Waals surface area (Å²) in [6.07, 6.45) is 1.60. The quantitative estimate of drug-likeness (QED) is 0.717. The topological polar surface area (TPSA) is 63.8 Å². The second-order valence-electron chi connectivity index (χ2n) is 4.37. The van der Waals surface area contributed by atoms with Crippen LogP contribution >= 0.6 is 11.3 Å². The van der Waals surface area contributed by atoms with Crippen molar-refractivity contribution in [3.63, 3.8) is 0 Å². The molecule has 0 bridgehead atoms. The van der Waals surface area contributed by atoms with Gasteiger partial charge in [0.15, 0.2) is 0 Å². The van der Waals surface area contributed by atoms with Crippen molar-refractivity contribution in [3.8, 4) is 0 Å². The monoisotopic (exact) mass is 270 g/mol. The number of aromatic nitrogens is 2. The molecule has 3 aromatic rings. The number of anilines is 2. The van der Waals surface area contributed by atoms with E-state index in [0.717, 1.165) is 27.3 Å². The highest BCUT2D eigenvalue weighted by Crippen LogP contribution is 2.28. The minimum Gasteiger partial charge on any atom is -0.398 e. The zero-order valence-electron chi connectivity index (χ0n) is 10.6. The summed E-state index contributed by atoms with van der Waals surface area (Å²) in [6.45, 7) is 2.72. The summed E-state index contributed by atoms with van der Waals surface area (Å²) in [7, 11) is 0. The summed E-state index contributed by atoms with van der Waals surface area (Å²) in [5.74, 6) is 0.867. The van der Waals surface area contributed by atoms with Crippen molar-refractivity contribution >= 4 is 33.1 Å². The van der Waals surface area contributed by atoms with E-state index in [0.29, 0.717) is 6.54 Å². The molecule has 0 fully saturated rings. The summed E-state index contributed by atoms with van der Waals surface area (Å²) in [4.78, 5) is 8.62. The van der Waals surface area contributed by atoms with Crippen LogP contribution in [0.25, 0.3) is 10.2 Å². The molecule has 1 aromatic carbocycles. The third-order valence-electron chi connectivity index (χ3n) is 3.03. The predicted octanol–water partition coefficient (Wildman–Crippen LogP) is 3.19. The third-order valence-corrected chi connectivity index (χ3v) is 4.13. The lowest BCUT2D eigenvalue weighted by Crippen LogP contribution is -2.04. The van der Waals surface area contributed by atoms with Crippen molar-refractivity contribution in [2.24, 2.45) is 0 Å². The van der Waals surface area contributed by atoms with Gasteiger partial charge in [0.05, 0.1) is 10.2 Å². The molecule has 0 aliphatic heterocycles. The average molecular weight is 270 g/mol. The SMILES string of the molecule is Cc1csc2c(NCc3ccccc3N)ncnc12. The first-order valence-corrected chi connectivity index (χ1v) is 6.89. The Balaban J connectivity index is 1.88. The van der Waals surface area contributed by atoms with Crippen LogP contribution in [0, 0.1) is 6.92 Å². The molecule has 19 heavy (non-hydrogen) atoms. The molecule has 2 aromatic heterocycles. The third kappa shape index (κ3) is 2.24. The molecule has 3 N–H and O–H groups in total. The number of hydrogen-bond donors (Lipinski definition) is 2. The molecule has 0 spiro atoms. The number of nitrogens with two attached hydrogens (primary N) is 1. The van der Waals surface area contributed by atoms with Gasteiger partial charge in [-0.2, -0.15) is 0 Å². The van der Waals surface area contributed by atoms with E-state index in [4.69, 9.17) is 5.73 Å². The average Bonchev–Trinajstić information content (AvgIpc) is 2.81. The molecular formula is C14H14N4S. The first-order chi connectivity index (χ1) is 9.25. The highest BCUT2D eigenvalue weighted by atomic mass is 32.1. The Hall–Kier alpha value is -2.14. The number of fused-ring (bicyclic) bond motifs is 1. The van der Waals surface area contributed by atoms with Crippen LogP contribution in [-0.4, -0.2) is 9.97 Å². The van der Waals surface area contributed by atoms with Crippen LogP contribution in [0.5, 0.6) is 0 Å². The molecule has 0 saturated heterocycles. The number of hydrogen-bond acceptors (Lipinski definition) is 5. The number of thiophene rings is 1. The maximum atomic E-state index is 5.93. The van der Waals surface area contributed by atoms with Crippen molar-refractivity contribution < 1.29 is 0 Å². The van der Waals surface area contributed by atoms with E-state index in [1.54, 1.807) is 17.7 Å². The molecule has 0 amide bonds. The fraction of sp³-hybridized carbons (Fsp3) is 0.143. The molecule has 4 nitrogen and oxygen atoms in total. The summed E-state index contributed by atoms with van der Waals surface area (Å²) in [6, 6.07) is 7.84. The molecule has 96 valence electrons. The summed E-state index contributed by atoms with van der Waals surface area (Å²) in [5, 5.41) is 5.44. The first kappa shape index (κ1) is 11.9. The van der Waals surface area contributed by atoms with Gasteiger partial charge >= 0.3 is 0 Å². The number of benzene rings is 1. The summed E-state index contributed by atoms with van der Waals surface area (Å²) < 4.78 is 1.09. The number of nitrogen functional groups attached to an aromatic ring is 1. The van der Waals surface area contributed by atoms with Crippen LogP contribution in [0.4, 0.5) is 11.5 Å². The smallest absolute Gasteiger partial charge is 0.147 e. The van der Waals surface area contributed by atoms with Crippen LogP contribution in [0.2, 0.25) is 0 Å². The molecule has 0 aliphatic carbocycles. The van der Waals surface area contributed by atoms with Gasteiger partial charge in [0.2, 0.25) is 0 Å². The Morgan fingerprint density at radius 3 is 2.95 bits per heavy atom. The Morgan fingerprint density at radius 2 is 2.11 bits per heavy atom. The van der Waals surface area contributed by atoms with Gasteiger partial charge in [-0.15, -0.1) is 11.3 Å². The van der Waals surface area contributed by atoms with Crippen molar-refractivity contribution in [1.29, 1.82) is 0 Å². The highest BCUT2D eigenvalue weighted by Gasteiger charge is 2.08. The van der Waals surface area contributed by atoms with Crippen LogP contribution in [0.15, 0.2) is 36.0 Å². The van der Waals surface area contributed by atoms with E-state index in [2.05, 4.69) is 27.6 Å². The van der Waals surface area contributed by atoms with Gasteiger partial charge in [0.1, 0.15) is 12.1 Å². The van der Waals surface area contributed by atoms with Gasteiger partial charge in [0.25, 0.3) is 0 Å². The Bertz CT molecular complexity index is 720. The number of para-hydroxylation sites is 1. The number of nitrogens with zero attached hydrogens (tertiary/aromatic N) is 2. The van der Waals surface area contributed by atoms with E-state index in [-0.39, 0.29) is 0 Å². The summed E-state index contributed by atoms with van der Waals surface area (Å²) in [5.41, 5.74) is 10.00. The predicted molar refractivity (Wildman–Crippen MR) is 80.3 cm³/mol. The first-order valence-electron chi connectivity index (χ1n) is 6.02. The van der Waals surface area contributed by atoms with Crippen LogP contribution < -0.4 is 11.1 Å². The van der Waals surface area contributed by atoms with Gasteiger partial charge in [-0.05, 0) is 29.5 Å². The molecule has 0 aliphatic rings. The largest absolute Gasteiger partial charge is 0.398 e. The van der Waals surface area contributed by atoms with Crippen molar-refractivity contribution in [3.05, 3.63) is 47.1 Å². The zero-order chi connectivity index (χ0) is 13.2. The molecule has 0 unspecified atom stereocenters. The lowest BCUT2D eigenvalue weighted by atomic mass is 10.2. The summed E-state index contributed by atoms with van der Waals surface area (Å²) >= 11 is 1.66. The maximum absolute atomic E-state index is 5.93. The lowest BCUT2D eigenvalue weighted by Gasteiger charge is -2.08. The highest BCUT2D eigenvalue weighted by molar-refractivity contribution is 7.18. The van der Waals surface area contributed by atoms with Gasteiger partial charge in [-0.1, -0.05) is 18.2 Å².